The summed E-state index contributed by atoms with van der Waals surface area (Å²) < 4.78 is 10.4. The van der Waals surface area contributed by atoms with E-state index in [9.17, 15) is 0 Å². The number of guanidine groups is 1. The number of methoxy groups -OCH3 is 1. The number of nitrogens with one attached hydrogen (secondary N) is 2. The molecule has 0 bridgehead atoms. The molecule has 1 heterocycles. The first-order valence-corrected chi connectivity index (χ1v) is 9.26. The lowest BCUT2D eigenvalue weighted by Gasteiger charge is -2.21. The summed E-state index contributed by atoms with van der Waals surface area (Å²) in [4.78, 5) is 9.54. The zero-order valence-corrected chi connectivity index (χ0v) is 18.6. The maximum Gasteiger partial charge on any atom is 0.191 e. The number of halogens is 1. The first-order chi connectivity index (χ1) is 11.8. The van der Waals surface area contributed by atoms with E-state index < -0.39 is 0 Å². The molecule has 1 aliphatic rings. The summed E-state index contributed by atoms with van der Waals surface area (Å²) in [5.74, 6) is 0.904. The molecule has 0 unspecified atom stereocenters. The molecule has 0 aromatic rings. The van der Waals surface area contributed by atoms with Crippen LogP contribution in [0, 0.1) is 0 Å². The maximum absolute atomic E-state index is 5.45. The zero-order chi connectivity index (χ0) is 17.5. The minimum atomic E-state index is 0. The first kappa shape index (κ1) is 24.8. The SMILES string of the molecule is CCNC(=NCCCOCCOC)NCCN1CCCN(C)CC1.I. The Morgan fingerprint density at radius 1 is 1.08 bits per heavy atom. The quantitative estimate of drug-likeness (QED) is 0.202. The first-order valence-electron chi connectivity index (χ1n) is 9.26. The fourth-order valence-electron chi connectivity index (χ4n) is 2.60. The molecular weight excluding hydrogens is 433 g/mol. The highest BCUT2D eigenvalue weighted by Crippen LogP contribution is 1.99. The van der Waals surface area contributed by atoms with E-state index in [0.29, 0.717) is 13.2 Å². The number of hydrogen-bond acceptors (Lipinski definition) is 5. The summed E-state index contributed by atoms with van der Waals surface area (Å²) in [5, 5.41) is 6.74. The Bertz CT molecular complexity index is 334. The molecule has 1 aliphatic heterocycles. The van der Waals surface area contributed by atoms with Gasteiger partial charge in [0, 0.05) is 53.0 Å². The summed E-state index contributed by atoms with van der Waals surface area (Å²) in [6, 6.07) is 0. The molecule has 150 valence electrons. The van der Waals surface area contributed by atoms with Crippen LogP contribution in [0.2, 0.25) is 0 Å². The highest BCUT2D eigenvalue weighted by molar-refractivity contribution is 14.0. The fraction of sp³-hybridized carbons (Fsp3) is 0.941. The van der Waals surface area contributed by atoms with E-state index in [1.807, 2.05) is 0 Å². The molecule has 0 radical (unpaired) electrons. The molecule has 25 heavy (non-hydrogen) atoms. The molecule has 2 N–H and O–H groups in total. The third-order valence-corrected chi connectivity index (χ3v) is 4.03. The van der Waals surface area contributed by atoms with Gasteiger partial charge < -0.3 is 29.9 Å². The average Bonchev–Trinajstić information content (AvgIpc) is 2.78. The van der Waals surface area contributed by atoms with E-state index in [4.69, 9.17) is 9.47 Å². The number of ether oxygens (including phenoxy) is 2. The number of nitrogens with zero attached hydrogens (tertiary/aromatic N) is 3. The van der Waals surface area contributed by atoms with Gasteiger partial charge in [0.25, 0.3) is 0 Å². The van der Waals surface area contributed by atoms with Crippen molar-refractivity contribution in [3.8, 4) is 0 Å². The molecule has 0 aromatic carbocycles. The molecule has 0 atom stereocenters. The molecule has 0 saturated carbocycles. The molecule has 0 amide bonds. The monoisotopic (exact) mass is 471 g/mol. The van der Waals surface area contributed by atoms with E-state index in [-0.39, 0.29) is 24.0 Å². The molecule has 0 spiro atoms. The van der Waals surface area contributed by atoms with Crippen molar-refractivity contribution in [1.29, 1.82) is 0 Å². The van der Waals surface area contributed by atoms with Gasteiger partial charge in [-0.3, -0.25) is 4.99 Å². The molecule has 1 rings (SSSR count). The Kier molecular flexibility index (Phi) is 17.2. The van der Waals surface area contributed by atoms with Crippen molar-refractivity contribution in [1.82, 2.24) is 20.4 Å². The van der Waals surface area contributed by atoms with Gasteiger partial charge in [0.2, 0.25) is 0 Å². The summed E-state index contributed by atoms with van der Waals surface area (Å²) in [6.45, 7) is 12.5. The number of aliphatic imine (C=N–C) groups is 1. The lowest BCUT2D eigenvalue weighted by Crippen LogP contribution is -2.42. The molecule has 1 saturated heterocycles. The van der Waals surface area contributed by atoms with E-state index in [1.54, 1.807) is 7.11 Å². The minimum absolute atomic E-state index is 0. The van der Waals surface area contributed by atoms with Crippen LogP contribution in [0.3, 0.4) is 0 Å². The highest BCUT2D eigenvalue weighted by Gasteiger charge is 2.11. The second-order valence-electron chi connectivity index (χ2n) is 6.14. The van der Waals surface area contributed by atoms with Gasteiger partial charge in [-0.15, -0.1) is 24.0 Å². The molecule has 7 nitrogen and oxygen atoms in total. The summed E-state index contributed by atoms with van der Waals surface area (Å²) in [7, 11) is 3.89. The second kappa shape index (κ2) is 17.3. The lowest BCUT2D eigenvalue weighted by atomic mass is 10.4. The molecule has 8 heteroatoms. The van der Waals surface area contributed by atoms with Crippen molar-refractivity contribution in [2.75, 3.05) is 86.3 Å². The van der Waals surface area contributed by atoms with Gasteiger partial charge in [-0.2, -0.15) is 0 Å². The van der Waals surface area contributed by atoms with Crippen LogP contribution >= 0.6 is 24.0 Å². The van der Waals surface area contributed by atoms with E-state index in [2.05, 4.69) is 39.4 Å². The van der Waals surface area contributed by atoms with Gasteiger partial charge in [0.05, 0.1) is 13.2 Å². The largest absolute Gasteiger partial charge is 0.382 e. The van der Waals surface area contributed by atoms with Crippen LogP contribution < -0.4 is 10.6 Å². The van der Waals surface area contributed by atoms with Crippen LogP contribution in [-0.4, -0.2) is 102 Å². The van der Waals surface area contributed by atoms with Crippen molar-refractivity contribution in [2.45, 2.75) is 19.8 Å². The van der Waals surface area contributed by atoms with Crippen molar-refractivity contribution < 1.29 is 9.47 Å². The smallest absolute Gasteiger partial charge is 0.191 e. The Morgan fingerprint density at radius 3 is 2.68 bits per heavy atom. The van der Waals surface area contributed by atoms with Gasteiger partial charge >= 0.3 is 0 Å². The number of hydrogen-bond donors (Lipinski definition) is 2. The molecule has 1 fully saturated rings. The zero-order valence-electron chi connectivity index (χ0n) is 16.3. The molecule has 0 aliphatic carbocycles. The molecule has 0 aromatic heterocycles. The van der Waals surface area contributed by atoms with Crippen LogP contribution in [0.1, 0.15) is 19.8 Å². The van der Waals surface area contributed by atoms with Crippen LogP contribution in [0.4, 0.5) is 0 Å². The van der Waals surface area contributed by atoms with Gasteiger partial charge in [0.15, 0.2) is 5.96 Å². The predicted molar refractivity (Wildman–Crippen MR) is 115 cm³/mol. The van der Waals surface area contributed by atoms with Crippen LogP contribution in [0.5, 0.6) is 0 Å². The van der Waals surface area contributed by atoms with Crippen molar-refractivity contribution in [2.24, 2.45) is 4.99 Å². The van der Waals surface area contributed by atoms with Gasteiger partial charge in [-0.25, -0.2) is 0 Å². The number of likely N-dealkylation sites (N-methyl/N-ethyl adjacent to an activating group) is 1. The molecular formula is C17H38IN5O2. The van der Waals surface area contributed by atoms with Crippen molar-refractivity contribution in [3.05, 3.63) is 0 Å². The standard InChI is InChI=1S/C17H37N5O2.HI/c1-4-18-17(19-7-5-14-24-16-15-23-3)20-8-11-22-10-6-9-21(2)12-13-22;/h4-16H2,1-3H3,(H2,18,19,20);1H. The normalized spacial score (nSPS) is 17.0. The van der Waals surface area contributed by atoms with E-state index >= 15 is 0 Å². The third-order valence-electron chi connectivity index (χ3n) is 4.03. The summed E-state index contributed by atoms with van der Waals surface area (Å²) in [6.07, 6.45) is 2.19. The Morgan fingerprint density at radius 2 is 1.92 bits per heavy atom. The van der Waals surface area contributed by atoms with E-state index in [1.165, 1.54) is 19.5 Å². The topological polar surface area (TPSA) is 61.4 Å². The Labute approximate surface area is 170 Å². The predicted octanol–water partition coefficient (Wildman–Crippen LogP) is 0.850. The summed E-state index contributed by atoms with van der Waals surface area (Å²) >= 11 is 0. The Balaban J connectivity index is 0.00000576. The maximum atomic E-state index is 5.45. The van der Waals surface area contributed by atoms with Gasteiger partial charge in [-0.1, -0.05) is 0 Å². The fourth-order valence-corrected chi connectivity index (χ4v) is 2.60. The average molecular weight is 471 g/mol. The van der Waals surface area contributed by atoms with Gasteiger partial charge in [0.1, 0.15) is 0 Å². The van der Waals surface area contributed by atoms with Crippen LogP contribution in [0.15, 0.2) is 4.99 Å². The Hall–Kier alpha value is -0.160. The van der Waals surface area contributed by atoms with Crippen LogP contribution in [-0.2, 0) is 9.47 Å². The third kappa shape index (κ3) is 13.7. The van der Waals surface area contributed by atoms with Crippen molar-refractivity contribution in [3.63, 3.8) is 0 Å². The van der Waals surface area contributed by atoms with Crippen molar-refractivity contribution >= 4 is 29.9 Å². The minimum Gasteiger partial charge on any atom is -0.382 e. The summed E-state index contributed by atoms with van der Waals surface area (Å²) in [5.41, 5.74) is 0. The van der Waals surface area contributed by atoms with E-state index in [0.717, 1.165) is 58.3 Å². The number of rotatable bonds is 11. The van der Waals surface area contributed by atoms with Crippen LogP contribution in [0.25, 0.3) is 0 Å². The lowest BCUT2D eigenvalue weighted by molar-refractivity contribution is 0.0702. The second-order valence-corrected chi connectivity index (χ2v) is 6.14. The van der Waals surface area contributed by atoms with Gasteiger partial charge in [-0.05, 0) is 39.9 Å². The highest BCUT2D eigenvalue weighted by atomic mass is 127.